The van der Waals surface area contributed by atoms with E-state index in [0.717, 1.165) is 4.90 Å². The average Bonchev–Trinajstić information content (AvgIpc) is 2.70. The molecule has 0 radical (unpaired) electrons. The van der Waals surface area contributed by atoms with E-state index in [4.69, 9.17) is 4.74 Å². The fourth-order valence-electron chi connectivity index (χ4n) is 2.54. The zero-order valence-electron chi connectivity index (χ0n) is 11.6. The van der Waals surface area contributed by atoms with Crippen LogP contribution in [-0.4, -0.2) is 67.3 Å². The normalized spacial score (nSPS) is 30.6. The quantitative estimate of drug-likeness (QED) is 0.747. The predicted molar refractivity (Wildman–Crippen MR) is 66.4 cm³/mol. The van der Waals surface area contributed by atoms with Gasteiger partial charge in [0.05, 0.1) is 12.7 Å². The second-order valence-electron chi connectivity index (χ2n) is 5.23. The fraction of sp³-hybridized carbons (Fsp3) is 0.833. The maximum Gasteiger partial charge on any atom is 0.406 e. The number of ether oxygens (including phenoxy) is 1. The molecule has 0 aromatic rings. The Morgan fingerprint density at radius 2 is 2.24 bits per heavy atom. The molecule has 6 nitrogen and oxygen atoms in total. The van der Waals surface area contributed by atoms with Crippen LogP contribution in [-0.2, 0) is 14.3 Å². The number of amides is 2. The van der Waals surface area contributed by atoms with Gasteiger partial charge < -0.3 is 20.3 Å². The molecule has 2 aliphatic rings. The first-order chi connectivity index (χ1) is 9.78. The highest BCUT2D eigenvalue weighted by Crippen LogP contribution is 2.21. The van der Waals surface area contributed by atoms with Crippen LogP contribution in [0, 0.1) is 0 Å². The summed E-state index contributed by atoms with van der Waals surface area (Å²) in [7, 11) is 0. The van der Waals surface area contributed by atoms with Crippen molar-refractivity contribution in [2.45, 2.75) is 37.7 Å². The smallest absolute Gasteiger partial charge is 0.375 e. The summed E-state index contributed by atoms with van der Waals surface area (Å²) in [6.45, 7) is 1.45. The van der Waals surface area contributed by atoms with Crippen LogP contribution in [0.1, 0.15) is 13.3 Å². The van der Waals surface area contributed by atoms with E-state index in [1.165, 1.54) is 0 Å². The molecule has 2 rings (SSSR count). The lowest BCUT2D eigenvalue weighted by Crippen LogP contribution is -2.58. The van der Waals surface area contributed by atoms with Crippen molar-refractivity contribution in [3.63, 3.8) is 0 Å². The highest BCUT2D eigenvalue weighted by atomic mass is 19.4. The number of alkyl halides is 3. The van der Waals surface area contributed by atoms with Gasteiger partial charge in [-0.3, -0.25) is 9.59 Å². The van der Waals surface area contributed by atoms with Crippen LogP contribution in [0.5, 0.6) is 0 Å². The monoisotopic (exact) mass is 309 g/mol. The van der Waals surface area contributed by atoms with Crippen LogP contribution in [0.15, 0.2) is 0 Å². The summed E-state index contributed by atoms with van der Waals surface area (Å²) in [6, 6.07) is -1.49. The first kappa shape index (κ1) is 16.0. The molecule has 2 heterocycles. The van der Waals surface area contributed by atoms with Crippen LogP contribution in [0.2, 0.25) is 0 Å². The van der Waals surface area contributed by atoms with Gasteiger partial charge in [-0.1, -0.05) is 0 Å². The van der Waals surface area contributed by atoms with Gasteiger partial charge in [0.2, 0.25) is 11.8 Å². The number of rotatable bonds is 3. The van der Waals surface area contributed by atoms with E-state index in [1.54, 1.807) is 6.92 Å². The third-order valence-electron chi connectivity index (χ3n) is 3.58. The Hall–Kier alpha value is -1.35. The van der Waals surface area contributed by atoms with Gasteiger partial charge in [0.15, 0.2) is 0 Å². The maximum atomic E-state index is 12.3. The van der Waals surface area contributed by atoms with Gasteiger partial charge in [0, 0.05) is 13.1 Å². The molecule has 2 saturated heterocycles. The lowest BCUT2D eigenvalue weighted by atomic mass is 10.1. The van der Waals surface area contributed by atoms with E-state index in [-0.39, 0.29) is 19.1 Å². The summed E-state index contributed by atoms with van der Waals surface area (Å²) in [5, 5.41) is 5.47. The summed E-state index contributed by atoms with van der Waals surface area (Å²) in [4.78, 5) is 24.6. The summed E-state index contributed by atoms with van der Waals surface area (Å²) in [6.07, 6.45) is -4.59. The lowest BCUT2D eigenvalue weighted by molar-refractivity contribution is -0.158. The zero-order valence-corrected chi connectivity index (χ0v) is 11.6. The van der Waals surface area contributed by atoms with Crippen molar-refractivity contribution >= 4 is 11.8 Å². The Bertz CT molecular complexity index is 416. The number of hydrogen-bond donors (Lipinski definition) is 2. The molecule has 0 aliphatic carbocycles. The van der Waals surface area contributed by atoms with Crippen molar-refractivity contribution in [1.82, 2.24) is 15.5 Å². The largest absolute Gasteiger partial charge is 0.406 e. The van der Waals surface area contributed by atoms with Gasteiger partial charge in [-0.25, -0.2) is 0 Å². The van der Waals surface area contributed by atoms with Crippen LogP contribution < -0.4 is 10.6 Å². The minimum absolute atomic E-state index is 0.00651. The number of hydrogen-bond acceptors (Lipinski definition) is 4. The molecule has 0 aromatic heterocycles. The van der Waals surface area contributed by atoms with Crippen molar-refractivity contribution in [1.29, 1.82) is 0 Å². The summed E-state index contributed by atoms with van der Waals surface area (Å²) in [5.74, 6) is -1.11. The first-order valence-corrected chi connectivity index (χ1v) is 6.79. The summed E-state index contributed by atoms with van der Waals surface area (Å²) >= 11 is 0. The van der Waals surface area contributed by atoms with Gasteiger partial charge in [0.25, 0.3) is 0 Å². The molecular formula is C12H18F3N3O3. The van der Waals surface area contributed by atoms with E-state index in [1.807, 2.05) is 0 Å². The summed E-state index contributed by atoms with van der Waals surface area (Å²) in [5.41, 5.74) is 0. The molecule has 2 aliphatic heterocycles. The minimum Gasteiger partial charge on any atom is -0.375 e. The second kappa shape index (κ2) is 6.18. The molecule has 0 spiro atoms. The minimum atomic E-state index is -4.43. The Morgan fingerprint density at radius 3 is 2.86 bits per heavy atom. The standard InChI is InChI=1S/C12H18F3N3O3/c1-7-9(16-3-5-21-7)10(19)17-8-2-4-18(11(8)20)6-12(13,14)15/h7-9,16H,2-6H2,1H3,(H,17,19)/t7-,8?,9+/m1/s1. The highest BCUT2D eigenvalue weighted by molar-refractivity contribution is 5.91. The summed E-state index contributed by atoms with van der Waals surface area (Å²) < 4.78 is 42.2. The number of likely N-dealkylation sites (tertiary alicyclic amines) is 1. The molecule has 120 valence electrons. The third kappa shape index (κ3) is 4.07. The third-order valence-corrected chi connectivity index (χ3v) is 3.58. The van der Waals surface area contributed by atoms with Crippen molar-refractivity contribution < 1.29 is 27.5 Å². The van der Waals surface area contributed by atoms with Crippen molar-refractivity contribution in [3.05, 3.63) is 0 Å². The van der Waals surface area contributed by atoms with E-state index in [9.17, 15) is 22.8 Å². The maximum absolute atomic E-state index is 12.3. The Morgan fingerprint density at radius 1 is 1.52 bits per heavy atom. The number of carbonyl (C=O) groups excluding carboxylic acids is 2. The molecule has 0 aromatic carbocycles. The molecule has 2 fully saturated rings. The van der Waals surface area contributed by atoms with Crippen molar-refractivity contribution in [2.24, 2.45) is 0 Å². The SMILES string of the molecule is C[C@H]1OCCN[C@@H]1C(=O)NC1CCN(CC(F)(F)F)C1=O. The Balaban J connectivity index is 1.89. The fourth-order valence-corrected chi connectivity index (χ4v) is 2.54. The molecule has 2 amide bonds. The number of nitrogens with zero attached hydrogens (tertiary/aromatic N) is 1. The highest BCUT2D eigenvalue weighted by Gasteiger charge is 2.41. The predicted octanol–water partition coefficient (Wildman–Crippen LogP) is -0.357. The molecule has 21 heavy (non-hydrogen) atoms. The zero-order chi connectivity index (χ0) is 15.6. The van der Waals surface area contributed by atoms with Gasteiger partial charge in [-0.2, -0.15) is 13.2 Å². The van der Waals surface area contributed by atoms with Crippen molar-refractivity contribution in [2.75, 3.05) is 26.2 Å². The molecule has 0 saturated carbocycles. The van der Waals surface area contributed by atoms with Gasteiger partial charge in [0.1, 0.15) is 18.6 Å². The molecule has 2 N–H and O–H groups in total. The molecule has 1 unspecified atom stereocenters. The second-order valence-corrected chi connectivity index (χ2v) is 5.23. The molecular weight excluding hydrogens is 291 g/mol. The first-order valence-electron chi connectivity index (χ1n) is 6.79. The Labute approximate surface area is 120 Å². The number of nitrogens with one attached hydrogen (secondary N) is 2. The van der Waals surface area contributed by atoms with E-state index in [0.29, 0.717) is 13.2 Å². The average molecular weight is 309 g/mol. The topological polar surface area (TPSA) is 70.7 Å². The lowest BCUT2D eigenvalue weighted by Gasteiger charge is -2.30. The van der Waals surface area contributed by atoms with Crippen LogP contribution in [0.25, 0.3) is 0 Å². The van der Waals surface area contributed by atoms with E-state index >= 15 is 0 Å². The number of halogens is 3. The van der Waals surface area contributed by atoms with Gasteiger partial charge in [-0.05, 0) is 13.3 Å². The van der Waals surface area contributed by atoms with Crippen LogP contribution in [0.3, 0.4) is 0 Å². The van der Waals surface area contributed by atoms with Crippen LogP contribution in [0.4, 0.5) is 13.2 Å². The molecule has 9 heteroatoms. The van der Waals surface area contributed by atoms with E-state index < -0.39 is 36.6 Å². The number of morpholine rings is 1. The molecule has 3 atom stereocenters. The van der Waals surface area contributed by atoms with Gasteiger partial charge >= 0.3 is 6.18 Å². The van der Waals surface area contributed by atoms with Gasteiger partial charge in [-0.15, -0.1) is 0 Å². The van der Waals surface area contributed by atoms with E-state index in [2.05, 4.69) is 10.6 Å². The Kier molecular flexibility index (Phi) is 4.72. The van der Waals surface area contributed by atoms with Crippen LogP contribution >= 0.6 is 0 Å². The molecule has 0 bridgehead atoms. The number of carbonyl (C=O) groups is 2. The van der Waals surface area contributed by atoms with Crippen molar-refractivity contribution in [3.8, 4) is 0 Å².